The summed E-state index contributed by atoms with van der Waals surface area (Å²) in [5.74, 6) is 0.488. The summed E-state index contributed by atoms with van der Waals surface area (Å²) in [6, 6.07) is 16.5. The van der Waals surface area contributed by atoms with Gasteiger partial charge in [0.1, 0.15) is 17.4 Å². The molecule has 1 aromatic carbocycles. The Balaban J connectivity index is 1.58. The van der Waals surface area contributed by atoms with E-state index in [4.69, 9.17) is 4.42 Å². The van der Waals surface area contributed by atoms with Gasteiger partial charge in [0, 0.05) is 24.2 Å². The quantitative estimate of drug-likeness (QED) is 0.421. The Morgan fingerprint density at radius 1 is 1.15 bits per heavy atom. The summed E-state index contributed by atoms with van der Waals surface area (Å²) in [5, 5.41) is 12.7. The zero-order valence-electron chi connectivity index (χ0n) is 13.9. The largest absolute Gasteiger partial charge is 0.454 e. The number of amides is 1. The first-order valence-corrected chi connectivity index (χ1v) is 8.83. The molecule has 0 atom stereocenters. The minimum absolute atomic E-state index is 0.0583. The van der Waals surface area contributed by atoms with Gasteiger partial charge in [-0.3, -0.25) is 9.78 Å². The molecular weight excluding hydrogens is 360 g/mol. The van der Waals surface area contributed by atoms with E-state index in [-0.39, 0.29) is 5.57 Å². The molecular formula is C20H12N4O2S. The second-order valence-electron chi connectivity index (χ2n) is 5.55. The van der Waals surface area contributed by atoms with Crippen molar-refractivity contribution in [1.29, 1.82) is 5.26 Å². The summed E-state index contributed by atoms with van der Waals surface area (Å²) in [5.41, 5.74) is 1.41. The van der Waals surface area contributed by atoms with E-state index >= 15 is 0 Å². The molecule has 1 N–H and O–H groups in total. The number of fused-ring (bicyclic) bond motifs is 1. The second kappa shape index (κ2) is 7.23. The number of anilines is 1. The van der Waals surface area contributed by atoms with Crippen molar-refractivity contribution in [2.45, 2.75) is 0 Å². The van der Waals surface area contributed by atoms with Crippen LogP contribution in [0.25, 0.3) is 27.1 Å². The van der Waals surface area contributed by atoms with Crippen LogP contribution in [0.5, 0.6) is 0 Å². The molecule has 0 aliphatic carbocycles. The Kier molecular flexibility index (Phi) is 4.47. The van der Waals surface area contributed by atoms with E-state index in [1.807, 2.05) is 30.3 Å². The minimum Gasteiger partial charge on any atom is -0.454 e. The maximum Gasteiger partial charge on any atom is 0.266 e. The molecule has 7 heteroatoms. The average molecular weight is 372 g/mol. The van der Waals surface area contributed by atoms with Crippen molar-refractivity contribution >= 4 is 39.2 Å². The standard InChI is InChI=1S/C20H12N4O2S/c21-12-13(19(25)23-14-7-9-22-10-8-14)11-15-5-6-17(26-15)20-24-16-3-1-2-4-18(16)27-20/h1-11H,(H,22,23,25)/b13-11+. The van der Waals surface area contributed by atoms with Gasteiger partial charge in [0.2, 0.25) is 0 Å². The third kappa shape index (κ3) is 3.61. The van der Waals surface area contributed by atoms with Crippen molar-refractivity contribution in [3.05, 3.63) is 72.3 Å². The highest BCUT2D eigenvalue weighted by molar-refractivity contribution is 7.21. The minimum atomic E-state index is -0.512. The third-order valence-electron chi connectivity index (χ3n) is 3.72. The number of thiazole rings is 1. The molecule has 0 saturated heterocycles. The molecule has 130 valence electrons. The molecule has 0 bridgehead atoms. The predicted molar refractivity (Wildman–Crippen MR) is 104 cm³/mol. The molecule has 4 aromatic rings. The van der Waals surface area contributed by atoms with Crippen LogP contribution in [0.15, 0.2) is 70.9 Å². The van der Waals surface area contributed by atoms with Gasteiger partial charge in [-0.25, -0.2) is 4.98 Å². The lowest BCUT2D eigenvalue weighted by Gasteiger charge is -2.02. The van der Waals surface area contributed by atoms with Crippen molar-refractivity contribution in [3.8, 4) is 16.8 Å². The fourth-order valence-corrected chi connectivity index (χ4v) is 3.37. The number of para-hydroxylation sites is 1. The Hall–Kier alpha value is -3.76. The van der Waals surface area contributed by atoms with Crippen LogP contribution in [0.2, 0.25) is 0 Å². The molecule has 3 heterocycles. The van der Waals surface area contributed by atoms with Crippen molar-refractivity contribution in [2.24, 2.45) is 0 Å². The normalized spacial score (nSPS) is 11.3. The lowest BCUT2D eigenvalue weighted by atomic mass is 10.2. The maximum atomic E-state index is 12.3. The van der Waals surface area contributed by atoms with Crippen LogP contribution >= 0.6 is 11.3 Å². The molecule has 0 aliphatic rings. The number of carbonyl (C=O) groups excluding carboxylic acids is 1. The van der Waals surface area contributed by atoms with Crippen molar-refractivity contribution < 1.29 is 9.21 Å². The molecule has 6 nitrogen and oxygen atoms in total. The van der Waals surface area contributed by atoms with E-state index in [0.717, 1.165) is 15.2 Å². The van der Waals surface area contributed by atoms with Gasteiger partial charge in [0.15, 0.2) is 10.8 Å². The van der Waals surface area contributed by atoms with Gasteiger partial charge in [-0.15, -0.1) is 11.3 Å². The van der Waals surface area contributed by atoms with E-state index in [1.54, 1.807) is 36.7 Å². The molecule has 1 amide bonds. The van der Waals surface area contributed by atoms with Crippen LogP contribution in [-0.4, -0.2) is 15.9 Å². The van der Waals surface area contributed by atoms with Gasteiger partial charge in [0.05, 0.1) is 10.2 Å². The number of furan rings is 1. The van der Waals surface area contributed by atoms with Gasteiger partial charge >= 0.3 is 0 Å². The maximum absolute atomic E-state index is 12.3. The first kappa shape index (κ1) is 16.7. The van der Waals surface area contributed by atoms with Gasteiger partial charge in [-0.2, -0.15) is 5.26 Å². The highest BCUT2D eigenvalue weighted by Crippen LogP contribution is 2.31. The number of hydrogen-bond donors (Lipinski definition) is 1. The summed E-state index contributed by atoms with van der Waals surface area (Å²) >= 11 is 1.52. The lowest BCUT2D eigenvalue weighted by Crippen LogP contribution is -2.13. The Labute approximate surface area is 158 Å². The zero-order valence-corrected chi connectivity index (χ0v) is 14.7. The van der Waals surface area contributed by atoms with Crippen molar-refractivity contribution in [2.75, 3.05) is 5.32 Å². The average Bonchev–Trinajstić information content (AvgIpc) is 3.33. The summed E-state index contributed by atoms with van der Waals surface area (Å²) in [4.78, 5) is 20.7. The number of aromatic nitrogens is 2. The molecule has 0 aliphatic heterocycles. The zero-order chi connectivity index (χ0) is 18.6. The highest BCUT2D eigenvalue weighted by Gasteiger charge is 2.13. The molecule has 3 aromatic heterocycles. The first-order chi connectivity index (χ1) is 13.2. The summed E-state index contributed by atoms with van der Waals surface area (Å²) in [6.07, 6.45) is 4.53. The smallest absolute Gasteiger partial charge is 0.266 e. The number of pyridine rings is 1. The Morgan fingerprint density at radius 3 is 2.74 bits per heavy atom. The molecule has 0 spiro atoms. The van der Waals surface area contributed by atoms with Gasteiger partial charge in [0.25, 0.3) is 5.91 Å². The van der Waals surface area contributed by atoms with Crippen LogP contribution in [0, 0.1) is 11.3 Å². The van der Waals surface area contributed by atoms with E-state index < -0.39 is 5.91 Å². The Morgan fingerprint density at radius 2 is 1.96 bits per heavy atom. The molecule has 4 rings (SSSR count). The summed E-state index contributed by atoms with van der Waals surface area (Å²) in [6.45, 7) is 0. The van der Waals surface area contributed by atoms with E-state index in [2.05, 4.69) is 15.3 Å². The molecule has 0 fully saturated rings. The number of nitrogens with zero attached hydrogens (tertiary/aromatic N) is 3. The monoisotopic (exact) mass is 372 g/mol. The summed E-state index contributed by atoms with van der Waals surface area (Å²) in [7, 11) is 0. The van der Waals surface area contributed by atoms with Gasteiger partial charge in [-0.05, 0) is 36.4 Å². The number of rotatable bonds is 4. The van der Waals surface area contributed by atoms with Gasteiger partial charge < -0.3 is 9.73 Å². The van der Waals surface area contributed by atoms with Crippen molar-refractivity contribution in [3.63, 3.8) is 0 Å². The van der Waals surface area contributed by atoms with E-state index in [9.17, 15) is 10.1 Å². The van der Waals surface area contributed by atoms with E-state index in [1.165, 1.54) is 17.4 Å². The number of hydrogen-bond acceptors (Lipinski definition) is 6. The predicted octanol–water partition coefficient (Wildman–Crippen LogP) is 4.50. The first-order valence-electron chi connectivity index (χ1n) is 8.02. The number of nitrogens with one attached hydrogen (secondary N) is 1. The fourth-order valence-electron chi connectivity index (χ4n) is 2.45. The fraction of sp³-hybridized carbons (Fsp3) is 0. The highest BCUT2D eigenvalue weighted by atomic mass is 32.1. The van der Waals surface area contributed by atoms with Crippen LogP contribution in [0.1, 0.15) is 5.76 Å². The molecule has 0 radical (unpaired) electrons. The molecule has 0 saturated carbocycles. The van der Waals surface area contributed by atoms with Crippen molar-refractivity contribution in [1.82, 2.24) is 9.97 Å². The lowest BCUT2D eigenvalue weighted by molar-refractivity contribution is -0.112. The number of benzene rings is 1. The number of carbonyl (C=O) groups is 1. The summed E-state index contributed by atoms with van der Waals surface area (Å²) < 4.78 is 6.83. The second-order valence-corrected chi connectivity index (χ2v) is 6.58. The van der Waals surface area contributed by atoms with Gasteiger partial charge in [-0.1, -0.05) is 12.1 Å². The van der Waals surface area contributed by atoms with E-state index in [0.29, 0.717) is 17.2 Å². The molecule has 27 heavy (non-hydrogen) atoms. The van der Waals surface area contributed by atoms with Crippen LogP contribution in [0.4, 0.5) is 5.69 Å². The molecule has 0 unspecified atom stereocenters. The van der Waals surface area contributed by atoms with Crippen LogP contribution in [-0.2, 0) is 4.79 Å². The van der Waals surface area contributed by atoms with Crippen LogP contribution < -0.4 is 5.32 Å². The topological polar surface area (TPSA) is 91.8 Å². The third-order valence-corrected chi connectivity index (χ3v) is 4.77. The SMILES string of the molecule is N#C/C(=C\c1ccc(-c2nc3ccccc3s2)o1)C(=O)Nc1ccncc1. The van der Waals surface area contributed by atoms with Crippen LogP contribution in [0.3, 0.4) is 0 Å². The Bertz CT molecular complexity index is 1150. The number of nitriles is 1.